The van der Waals surface area contributed by atoms with E-state index in [-0.39, 0.29) is 11.7 Å². The Labute approximate surface area is 104 Å². The Bertz CT molecular complexity index is 415. The third-order valence-electron chi connectivity index (χ3n) is 3.14. The van der Waals surface area contributed by atoms with E-state index in [2.05, 4.69) is 44.7 Å². The monoisotopic (exact) mass is 234 g/mol. The van der Waals surface area contributed by atoms with Crippen LogP contribution in [0.1, 0.15) is 26.3 Å². The number of benzene rings is 1. The van der Waals surface area contributed by atoms with Crippen LogP contribution in [0.3, 0.4) is 0 Å². The topological polar surface area (TPSA) is 38.5 Å². The smallest absolute Gasteiger partial charge is 0.0805 e. The molecule has 3 nitrogen and oxygen atoms in total. The number of anilines is 2. The number of morpholine rings is 1. The molecule has 1 aromatic rings. The standard InChI is InChI=1S/C14H22N2O/c1-10-5-6-12(15)7-13(10)16-8-11(2)17-14(3,4)9-16/h5-7,11H,8-9,15H2,1-4H3. The SMILES string of the molecule is Cc1ccc(N)cc1N1CC(C)OC(C)(C)C1. The lowest BCUT2D eigenvalue weighted by molar-refractivity contribution is -0.0749. The molecule has 0 radical (unpaired) electrons. The van der Waals surface area contributed by atoms with Gasteiger partial charge in [0.2, 0.25) is 0 Å². The van der Waals surface area contributed by atoms with Crippen molar-refractivity contribution in [2.75, 3.05) is 23.7 Å². The molecule has 1 aromatic carbocycles. The molecule has 2 rings (SSSR count). The fourth-order valence-electron chi connectivity index (χ4n) is 2.60. The van der Waals surface area contributed by atoms with Gasteiger partial charge in [0.25, 0.3) is 0 Å². The molecule has 0 amide bonds. The Hall–Kier alpha value is -1.22. The maximum Gasteiger partial charge on any atom is 0.0805 e. The van der Waals surface area contributed by atoms with E-state index in [9.17, 15) is 0 Å². The van der Waals surface area contributed by atoms with Crippen molar-refractivity contribution in [3.8, 4) is 0 Å². The fourth-order valence-corrected chi connectivity index (χ4v) is 2.60. The predicted molar refractivity (Wildman–Crippen MR) is 72.4 cm³/mol. The van der Waals surface area contributed by atoms with Crippen molar-refractivity contribution < 1.29 is 4.74 Å². The van der Waals surface area contributed by atoms with Crippen LogP contribution in [-0.4, -0.2) is 24.8 Å². The molecule has 0 spiro atoms. The average molecular weight is 234 g/mol. The highest BCUT2D eigenvalue weighted by Crippen LogP contribution is 2.29. The zero-order chi connectivity index (χ0) is 12.6. The van der Waals surface area contributed by atoms with E-state index < -0.39 is 0 Å². The fraction of sp³-hybridized carbons (Fsp3) is 0.571. The third-order valence-corrected chi connectivity index (χ3v) is 3.14. The van der Waals surface area contributed by atoms with Gasteiger partial charge < -0.3 is 15.4 Å². The molecule has 0 aromatic heterocycles. The summed E-state index contributed by atoms with van der Waals surface area (Å²) in [6.07, 6.45) is 0.250. The molecule has 1 aliphatic rings. The molecule has 1 unspecified atom stereocenters. The maximum atomic E-state index is 5.92. The summed E-state index contributed by atoms with van der Waals surface area (Å²) in [5.74, 6) is 0. The Balaban J connectivity index is 2.30. The predicted octanol–water partition coefficient (Wildman–Crippen LogP) is 2.58. The van der Waals surface area contributed by atoms with Crippen molar-refractivity contribution in [1.82, 2.24) is 0 Å². The first-order chi connectivity index (χ1) is 7.87. The van der Waals surface area contributed by atoms with Gasteiger partial charge >= 0.3 is 0 Å². The molecule has 0 saturated carbocycles. The van der Waals surface area contributed by atoms with Crippen LogP contribution in [0.2, 0.25) is 0 Å². The number of rotatable bonds is 1. The van der Waals surface area contributed by atoms with Crippen LogP contribution in [0.15, 0.2) is 18.2 Å². The van der Waals surface area contributed by atoms with Crippen LogP contribution < -0.4 is 10.6 Å². The second-order valence-corrected chi connectivity index (χ2v) is 5.61. The van der Waals surface area contributed by atoms with Crippen molar-refractivity contribution >= 4 is 11.4 Å². The first-order valence-electron chi connectivity index (χ1n) is 6.16. The summed E-state index contributed by atoms with van der Waals surface area (Å²) in [5.41, 5.74) is 9.10. The van der Waals surface area contributed by atoms with Gasteiger partial charge in [-0.3, -0.25) is 0 Å². The normalized spacial score (nSPS) is 23.8. The van der Waals surface area contributed by atoms with Crippen LogP contribution in [0.4, 0.5) is 11.4 Å². The summed E-state index contributed by atoms with van der Waals surface area (Å²) in [7, 11) is 0. The number of hydrogen-bond donors (Lipinski definition) is 1. The van der Waals surface area contributed by atoms with Gasteiger partial charge in [-0.1, -0.05) is 6.07 Å². The summed E-state index contributed by atoms with van der Waals surface area (Å²) in [6.45, 7) is 10.3. The molecular formula is C14H22N2O. The minimum absolute atomic E-state index is 0.102. The quantitative estimate of drug-likeness (QED) is 0.759. The van der Waals surface area contributed by atoms with E-state index >= 15 is 0 Å². The van der Waals surface area contributed by atoms with Crippen molar-refractivity contribution in [2.24, 2.45) is 0 Å². The molecule has 0 bridgehead atoms. The molecule has 0 aliphatic carbocycles. The summed E-state index contributed by atoms with van der Waals surface area (Å²) >= 11 is 0. The number of nitrogen functional groups attached to an aromatic ring is 1. The Morgan fingerprint density at radius 2 is 2.12 bits per heavy atom. The Kier molecular flexibility index (Phi) is 3.04. The van der Waals surface area contributed by atoms with Crippen molar-refractivity contribution in [2.45, 2.75) is 39.4 Å². The number of nitrogens with zero attached hydrogens (tertiary/aromatic N) is 1. The zero-order valence-corrected chi connectivity index (χ0v) is 11.2. The summed E-state index contributed by atoms with van der Waals surface area (Å²) in [4.78, 5) is 2.37. The van der Waals surface area contributed by atoms with Gasteiger partial charge in [0, 0.05) is 24.5 Å². The second-order valence-electron chi connectivity index (χ2n) is 5.61. The largest absolute Gasteiger partial charge is 0.399 e. The van der Waals surface area contributed by atoms with Gasteiger partial charge in [-0.15, -0.1) is 0 Å². The lowest BCUT2D eigenvalue weighted by atomic mass is 10.0. The molecule has 2 N–H and O–H groups in total. The van der Waals surface area contributed by atoms with Gasteiger partial charge in [0.15, 0.2) is 0 Å². The summed E-state index contributed by atoms with van der Waals surface area (Å²) < 4.78 is 5.92. The highest BCUT2D eigenvalue weighted by Gasteiger charge is 2.31. The van der Waals surface area contributed by atoms with Gasteiger partial charge in [-0.2, -0.15) is 0 Å². The van der Waals surface area contributed by atoms with Crippen molar-refractivity contribution in [1.29, 1.82) is 0 Å². The summed E-state index contributed by atoms with van der Waals surface area (Å²) in [5, 5.41) is 0. The molecule has 3 heteroatoms. The molecule has 1 aliphatic heterocycles. The van der Waals surface area contributed by atoms with Crippen molar-refractivity contribution in [3.05, 3.63) is 23.8 Å². The van der Waals surface area contributed by atoms with E-state index in [1.807, 2.05) is 6.07 Å². The Morgan fingerprint density at radius 3 is 2.76 bits per heavy atom. The minimum atomic E-state index is -0.102. The van der Waals surface area contributed by atoms with Gasteiger partial charge in [0.1, 0.15) is 0 Å². The molecule has 1 heterocycles. The van der Waals surface area contributed by atoms with E-state index in [0.29, 0.717) is 0 Å². The van der Waals surface area contributed by atoms with Crippen LogP contribution in [0.5, 0.6) is 0 Å². The van der Waals surface area contributed by atoms with E-state index in [4.69, 9.17) is 10.5 Å². The lowest BCUT2D eigenvalue weighted by Gasteiger charge is -2.43. The molecular weight excluding hydrogens is 212 g/mol. The number of ether oxygens (including phenoxy) is 1. The highest BCUT2D eigenvalue weighted by molar-refractivity contribution is 5.61. The third kappa shape index (κ3) is 2.72. The number of aryl methyl sites for hydroxylation is 1. The van der Waals surface area contributed by atoms with Gasteiger partial charge in [-0.05, 0) is 45.4 Å². The maximum absolute atomic E-state index is 5.92. The minimum Gasteiger partial charge on any atom is -0.399 e. The van der Waals surface area contributed by atoms with Gasteiger partial charge in [-0.25, -0.2) is 0 Å². The second kappa shape index (κ2) is 4.22. The first-order valence-corrected chi connectivity index (χ1v) is 6.16. The average Bonchev–Trinajstić information content (AvgIpc) is 2.18. The highest BCUT2D eigenvalue weighted by atomic mass is 16.5. The summed E-state index contributed by atoms with van der Waals surface area (Å²) in [6, 6.07) is 6.09. The van der Waals surface area contributed by atoms with E-state index in [1.165, 1.54) is 11.3 Å². The van der Waals surface area contributed by atoms with Crippen LogP contribution in [0.25, 0.3) is 0 Å². The van der Waals surface area contributed by atoms with Gasteiger partial charge in [0.05, 0.1) is 11.7 Å². The zero-order valence-electron chi connectivity index (χ0n) is 11.2. The molecule has 1 atom stereocenters. The molecule has 94 valence electrons. The molecule has 17 heavy (non-hydrogen) atoms. The van der Waals surface area contributed by atoms with E-state index in [0.717, 1.165) is 18.8 Å². The molecule has 1 fully saturated rings. The van der Waals surface area contributed by atoms with Crippen molar-refractivity contribution in [3.63, 3.8) is 0 Å². The number of hydrogen-bond acceptors (Lipinski definition) is 3. The first kappa shape index (κ1) is 12.2. The van der Waals surface area contributed by atoms with E-state index in [1.54, 1.807) is 0 Å². The van der Waals surface area contributed by atoms with Crippen LogP contribution in [0, 0.1) is 6.92 Å². The van der Waals surface area contributed by atoms with Crippen LogP contribution in [-0.2, 0) is 4.74 Å². The van der Waals surface area contributed by atoms with Crippen LogP contribution >= 0.6 is 0 Å². The Morgan fingerprint density at radius 1 is 1.41 bits per heavy atom. The number of nitrogens with two attached hydrogens (primary N) is 1. The molecule has 1 saturated heterocycles. The lowest BCUT2D eigenvalue weighted by Crippen LogP contribution is -2.52.